The van der Waals surface area contributed by atoms with Crippen molar-refractivity contribution < 1.29 is 14.0 Å². The van der Waals surface area contributed by atoms with Gasteiger partial charge in [0.25, 0.3) is 0 Å². The molecule has 17 heavy (non-hydrogen) atoms. The van der Waals surface area contributed by atoms with Crippen molar-refractivity contribution in [3.05, 3.63) is 0 Å². The smallest absolute Gasteiger partial charge is 0.334 e. The number of hydrogen-bond acceptors (Lipinski definition) is 4. The number of aliphatic hydroxyl groups excluding tert-OH is 1. The molecule has 0 saturated heterocycles. The monoisotopic (exact) mass is 263 g/mol. The van der Waals surface area contributed by atoms with Crippen molar-refractivity contribution in [1.82, 2.24) is 4.90 Å². The highest BCUT2D eigenvalue weighted by molar-refractivity contribution is 6.65. The lowest BCUT2D eigenvalue weighted by Crippen LogP contribution is -2.41. The molecule has 0 aromatic heterocycles. The summed E-state index contributed by atoms with van der Waals surface area (Å²) >= 11 is 0. The molecule has 0 aromatic rings. The third-order valence-electron chi connectivity index (χ3n) is 3.16. The molecule has 0 spiro atoms. The molecule has 104 valence electrons. The van der Waals surface area contributed by atoms with Gasteiger partial charge in [0.05, 0.1) is 0 Å². The van der Waals surface area contributed by atoms with Crippen LogP contribution in [-0.4, -0.2) is 52.1 Å². The van der Waals surface area contributed by atoms with Crippen LogP contribution in [0.2, 0.25) is 12.6 Å². The van der Waals surface area contributed by atoms with E-state index < -0.39 is 8.56 Å². The Morgan fingerprint density at radius 1 is 1.12 bits per heavy atom. The summed E-state index contributed by atoms with van der Waals surface area (Å²) < 4.78 is 10.8. The van der Waals surface area contributed by atoms with E-state index in [1.54, 1.807) is 14.2 Å². The highest BCUT2D eigenvalue weighted by atomic mass is 28.4. The molecule has 0 aliphatic heterocycles. The molecule has 0 aliphatic rings. The Bertz CT molecular complexity index is 183. The van der Waals surface area contributed by atoms with Crippen molar-refractivity contribution in [2.24, 2.45) is 0 Å². The van der Waals surface area contributed by atoms with E-state index >= 15 is 0 Å². The average molecular weight is 263 g/mol. The number of rotatable bonds is 10. The van der Waals surface area contributed by atoms with Crippen molar-refractivity contribution in [3.8, 4) is 0 Å². The second-order valence-electron chi connectivity index (χ2n) is 4.60. The summed E-state index contributed by atoms with van der Waals surface area (Å²) in [6.45, 7) is 8.21. The van der Waals surface area contributed by atoms with Gasteiger partial charge >= 0.3 is 8.56 Å². The lowest BCUT2D eigenvalue weighted by Gasteiger charge is -2.30. The third-order valence-corrected chi connectivity index (χ3v) is 6.09. The van der Waals surface area contributed by atoms with Gasteiger partial charge in [0.1, 0.15) is 6.23 Å². The fourth-order valence-electron chi connectivity index (χ4n) is 1.85. The highest BCUT2D eigenvalue weighted by Crippen LogP contribution is 2.17. The zero-order chi connectivity index (χ0) is 13.3. The minimum atomic E-state index is -2.04. The van der Waals surface area contributed by atoms with Crippen molar-refractivity contribution >= 4 is 8.56 Å². The van der Waals surface area contributed by atoms with Crippen LogP contribution in [-0.2, 0) is 8.85 Å². The first-order valence-corrected chi connectivity index (χ1v) is 9.07. The van der Waals surface area contributed by atoms with Gasteiger partial charge < -0.3 is 14.0 Å². The number of aliphatic hydroxyl groups is 1. The third kappa shape index (κ3) is 6.52. The first kappa shape index (κ1) is 17.1. The molecule has 1 atom stereocenters. The summed E-state index contributed by atoms with van der Waals surface area (Å²) in [6, 6.07) is 0.824. The van der Waals surface area contributed by atoms with E-state index in [4.69, 9.17) is 8.85 Å². The molecule has 1 unspecified atom stereocenters. The van der Waals surface area contributed by atoms with E-state index in [1.165, 1.54) is 0 Å². The standard InChI is InChI=1S/C12H29NO3Si/c1-6-9-13(10-7-2)12(14)8-11-17(5,15-3)16-4/h12,14H,6-11H2,1-5H3. The molecular formula is C12H29NO3Si. The topological polar surface area (TPSA) is 41.9 Å². The summed E-state index contributed by atoms with van der Waals surface area (Å²) in [7, 11) is 1.35. The van der Waals surface area contributed by atoms with Crippen LogP contribution in [0.5, 0.6) is 0 Å². The lowest BCUT2D eigenvalue weighted by atomic mass is 10.3. The summed E-state index contributed by atoms with van der Waals surface area (Å²) in [5.74, 6) is 0. The number of nitrogens with zero attached hydrogens (tertiary/aromatic N) is 1. The van der Waals surface area contributed by atoms with E-state index in [0.29, 0.717) is 0 Å². The molecule has 5 heteroatoms. The Labute approximate surface area is 107 Å². The van der Waals surface area contributed by atoms with E-state index in [-0.39, 0.29) is 6.23 Å². The first-order chi connectivity index (χ1) is 8.02. The molecule has 0 aromatic carbocycles. The van der Waals surface area contributed by atoms with Gasteiger partial charge in [0.15, 0.2) is 0 Å². The maximum atomic E-state index is 10.2. The number of hydrogen-bond donors (Lipinski definition) is 1. The van der Waals surface area contributed by atoms with Gasteiger partial charge in [-0.25, -0.2) is 0 Å². The highest BCUT2D eigenvalue weighted by Gasteiger charge is 2.30. The van der Waals surface area contributed by atoms with E-state index in [9.17, 15) is 5.11 Å². The summed E-state index contributed by atoms with van der Waals surface area (Å²) in [5, 5.41) is 10.2. The van der Waals surface area contributed by atoms with Gasteiger partial charge in [-0.05, 0) is 31.9 Å². The normalized spacial score (nSPS) is 14.3. The van der Waals surface area contributed by atoms with Crippen LogP contribution in [0, 0.1) is 0 Å². The maximum Gasteiger partial charge on any atom is 0.334 e. The maximum absolute atomic E-state index is 10.2. The van der Waals surface area contributed by atoms with Crippen molar-refractivity contribution in [2.45, 2.75) is 51.9 Å². The predicted octanol–water partition coefficient (Wildman–Crippen LogP) is 2.18. The first-order valence-electron chi connectivity index (χ1n) is 6.55. The summed E-state index contributed by atoms with van der Waals surface area (Å²) in [5.41, 5.74) is 0. The van der Waals surface area contributed by atoms with Crippen molar-refractivity contribution in [3.63, 3.8) is 0 Å². The molecule has 0 amide bonds. The molecule has 0 bridgehead atoms. The van der Waals surface area contributed by atoms with Crippen LogP contribution in [0.3, 0.4) is 0 Å². The Hall–Kier alpha value is 0.0569. The molecular weight excluding hydrogens is 234 g/mol. The van der Waals surface area contributed by atoms with E-state index in [1.807, 2.05) is 6.55 Å². The minimum absolute atomic E-state index is 0.368. The largest absolute Gasteiger partial charge is 0.398 e. The van der Waals surface area contributed by atoms with Gasteiger partial charge in [-0.1, -0.05) is 13.8 Å². The molecule has 0 fully saturated rings. The Balaban J connectivity index is 4.15. The fraction of sp³-hybridized carbons (Fsp3) is 1.00. The van der Waals surface area contributed by atoms with E-state index in [2.05, 4.69) is 18.7 Å². The van der Waals surface area contributed by atoms with Gasteiger partial charge in [-0.15, -0.1) is 0 Å². The molecule has 1 N–H and O–H groups in total. The predicted molar refractivity (Wildman–Crippen MR) is 73.2 cm³/mol. The summed E-state index contributed by atoms with van der Waals surface area (Å²) in [4.78, 5) is 2.14. The van der Waals surface area contributed by atoms with Crippen LogP contribution in [0.25, 0.3) is 0 Å². The average Bonchev–Trinajstić information content (AvgIpc) is 2.35. The minimum Gasteiger partial charge on any atom is -0.398 e. The van der Waals surface area contributed by atoms with Gasteiger partial charge in [0.2, 0.25) is 0 Å². The quantitative estimate of drug-likeness (QED) is 0.484. The van der Waals surface area contributed by atoms with Crippen LogP contribution in [0.1, 0.15) is 33.1 Å². The van der Waals surface area contributed by atoms with Gasteiger partial charge in [-0.3, -0.25) is 4.90 Å². The molecule has 0 aliphatic carbocycles. The fourth-order valence-corrected chi connectivity index (χ4v) is 3.20. The molecule has 4 nitrogen and oxygen atoms in total. The molecule has 0 radical (unpaired) electrons. The SMILES string of the molecule is CCCN(CCC)C(O)CC[Si](C)(OC)OC. The van der Waals surface area contributed by atoms with Gasteiger partial charge in [-0.2, -0.15) is 0 Å². The van der Waals surface area contributed by atoms with Gasteiger partial charge in [0, 0.05) is 27.3 Å². The second kappa shape index (κ2) is 9.05. The Kier molecular flexibility index (Phi) is 9.08. The molecule has 0 saturated carbocycles. The zero-order valence-corrected chi connectivity index (χ0v) is 13.0. The van der Waals surface area contributed by atoms with Crippen molar-refractivity contribution in [2.75, 3.05) is 27.3 Å². The van der Waals surface area contributed by atoms with Crippen LogP contribution in [0.15, 0.2) is 0 Å². The zero-order valence-electron chi connectivity index (χ0n) is 12.0. The van der Waals surface area contributed by atoms with Crippen LogP contribution in [0.4, 0.5) is 0 Å². The molecule has 0 heterocycles. The van der Waals surface area contributed by atoms with Crippen molar-refractivity contribution in [1.29, 1.82) is 0 Å². The van der Waals surface area contributed by atoms with Crippen LogP contribution < -0.4 is 0 Å². The Morgan fingerprint density at radius 3 is 1.94 bits per heavy atom. The molecule has 0 rings (SSSR count). The Morgan fingerprint density at radius 2 is 1.59 bits per heavy atom. The lowest BCUT2D eigenvalue weighted by molar-refractivity contribution is -0.000526. The van der Waals surface area contributed by atoms with E-state index in [0.717, 1.165) is 38.4 Å². The van der Waals surface area contributed by atoms with Crippen LogP contribution >= 0.6 is 0 Å². The second-order valence-corrected chi connectivity index (χ2v) is 8.18. The summed E-state index contributed by atoms with van der Waals surface area (Å²) in [6.07, 6.45) is 2.50.